The quantitative estimate of drug-likeness (QED) is 0.319. The molecule has 1 saturated heterocycles. The van der Waals surface area contributed by atoms with Crippen LogP contribution in [0, 0.1) is 35.5 Å². The number of ketones is 1. The second-order valence-corrected chi connectivity index (χ2v) is 10.6. The van der Waals surface area contributed by atoms with Crippen LogP contribution >= 0.6 is 23.2 Å². The summed E-state index contributed by atoms with van der Waals surface area (Å²) < 4.78 is 5.21. The fourth-order valence-electron chi connectivity index (χ4n) is 6.21. The van der Waals surface area contributed by atoms with Crippen LogP contribution in [-0.2, 0) is 9.59 Å². The van der Waals surface area contributed by atoms with Crippen molar-refractivity contribution >= 4 is 46.7 Å². The van der Waals surface area contributed by atoms with Gasteiger partial charge in [0.1, 0.15) is 12.3 Å². The largest absolute Gasteiger partial charge is 0.497 e. The number of allylic oxidation sites excluding steroid dienone is 2. The summed E-state index contributed by atoms with van der Waals surface area (Å²) in [6.07, 6.45) is 5.14. The predicted octanol–water partition coefficient (Wildman–Crippen LogP) is 4.30. The highest BCUT2D eigenvalue weighted by atomic mass is 35.5. The van der Waals surface area contributed by atoms with Gasteiger partial charge in [-0.05, 0) is 60.4 Å². The Morgan fingerprint density at radius 1 is 0.944 bits per heavy atom. The molecule has 3 fully saturated rings. The van der Waals surface area contributed by atoms with E-state index in [4.69, 9.17) is 27.9 Å². The second-order valence-electron chi connectivity index (χ2n) is 9.79. The van der Waals surface area contributed by atoms with Gasteiger partial charge in [0.05, 0.1) is 29.0 Å². The summed E-state index contributed by atoms with van der Waals surface area (Å²) in [6, 6.07) is 10.8. The van der Waals surface area contributed by atoms with Crippen LogP contribution in [0.5, 0.6) is 5.75 Å². The Morgan fingerprint density at radius 2 is 1.61 bits per heavy atom. The van der Waals surface area contributed by atoms with Gasteiger partial charge in [-0.25, -0.2) is 5.01 Å². The molecule has 36 heavy (non-hydrogen) atoms. The zero-order valence-corrected chi connectivity index (χ0v) is 20.8. The van der Waals surface area contributed by atoms with E-state index in [-0.39, 0.29) is 27.4 Å². The number of carbonyl (C=O) groups excluding carboxylic acids is 4. The predicted molar refractivity (Wildman–Crippen MR) is 131 cm³/mol. The Bertz CT molecular complexity index is 1320. The molecule has 2 aromatic carbocycles. The first-order valence-corrected chi connectivity index (χ1v) is 12.6. The SMILES string of the molecule is COc1cccc(C(=O)CN(C(=O)c2ccc(Cl)c(Cl)c2)N2C(=O)[C@@H]3[C@@H]4C=C[C@H]([C@@H]5C[C@H]45)[C@H]3C2=O)c1. The lowest BCUT2D eigenvalue weighted by molar-refractivity contribution is -0.154. The van der Waals surface area contributed by atoms with Gasteiger partial charge in [0, 0.05) is 11.1 Å². The van der Waals surface area contributed by atoms with Crippen molar-refractivity contribution in [1.29, 1.82) is 0 Å². The molecule has 0 unspecified atom stereocenters. The van der Waals surface area contributed by atoms with Crippen LogP contribution in [0.2, 0.25) is 10.0 Å². The van der Waals surface area contributed by atoms with Crippen molar-refractivity contribution in [1.82, 2.24) is 10.0 Å². The highest BCUT2D eigenvalue weighted by Crippen LogP contribution is 2.65. The molecule has 1 aliphatic heterocycles. The van der Waals surface area contributed by atoms with Crippen LogP contribution < -0.4 is 4.74 Å². The molecule has 2 saturated carbocycles. The van der Waals surface area contributed by atoms with Crippen LogP contribution in [0.25, 0.3) is 0 Å². The smallest absolute Gasteiger partial charge is 0.273 e. The monoisotopic (exact) mass is 524 g/mol. The number of benzene rings is 2. The third-order valence-electron chi connectivity index (χ3n) is 7.97. The Balaban J connectivity index is 1.37. The van der Waals surface area contributed by atoms with Gasteiger partial charge in [0.2, 0.25) is 0 Å². The van der Waals surface area contributed by atoms with E-state index < -0.39 is 41.9 Å². The van der Waals surface area contributed by atoms with E-state index in [0.717, 1.165) is 16.4 Å². The van der Waals surface area contributed by atoms with Crippen LogP contribution in [0.3, 0.4) is 0 Å². The summed E-state index contributed by atoms with van der Waals surface area (Å²) in [5.74, 6) is -1.72. The summed E-state index contributed by atoms with van der Waals surface area (Å²) in [5, 5.41) is 2.29. The van der Waals surface area contributed by atoms with E-state index in [9.17, 15) is 19.2 Å². The summed E-state index contributed by atoms with van der Waals surface area (Å²) in [7, 11) is 1.49. The molecule has 0 aromatic heterocycles. The number of hydrazine groups is 1. The molecule has 1 heterocycles. The normalized spacial score (nSPS) is 29.1. The van der Waals surface area contributed by atoms with Gasteiger partial charge in [0.25, 0.3) is 17.7 Å². The summed E-state index contributed by atoms with van der Waals surface area (Å²) >= 11 is 12.2. The Labute approximate surface area is 217 Å². The number of imide groups is 1. The van der Waals surface area contributed by atoms with E-state index in [2.05, 4.69) is 12.2 Å². The van der Waals surface area contributed by atoms with Crippen molar-refractivity contribution in [2.75, 3.05) is 13.7 Å². The zero-order chi connectivity index (χ0) is 25.3. The highest BCUT2D eigenvalue weighted by molar-refractivity contribution is 6.42. The molecule has 0 N–H and O–H groups in total. The van der Waals surface area contributed by atoms with Crippen molar-refractivity contribution in [3.63, 3.8) is 0 Å². The first kappa shape index (κ1) is 23.3. The number of hydrogen-bond donors (Lipinski definition) is 0. The number of carbonyl (C=O) groups is 4. The van der Waals surface area contributed by atoms with E-state index >= 15 is 0 Å². The fraction of sp³-hybridized carbons (Fsp3) is 0.333. The average Bonchev–Trinajstić information content (AvgIpc) is 3.67. The lowest BCUT2D eigenvalue weighted by atomic mass is 9.63. The number of halogens is 2. The van der Waals surface area contributed by atoms with E-state index in [1.54, 1.807) is 24.3 Å². The van der Waals surface area contributed by atoms with Gasteiger partial charge in [-0.2, -0.15) is 5.01 Å². The number of Topliss-reactive ketones (excluding diaryl/α,β-unsaturated/α-hetero) is 1. The number of amides is 3. The molecule has 0 radical (unpaired) electrons. The standard InChI is InChI=1S/C27H22Cl2N2O5/c1-36-15-4-2-3-13(9-15)22(32)12-30(25(33)14-5-8-20(28)21(29)10-14)31-26(34)23-16-6-7-17(19-11-18(16)19)24(23)27(31)35/h2-10,16-19,23-24H,11-12H2,1H3/t16-,17-,18-,19+,23-,24-/m1/s1. The van der Waals surface area contributed by atoms with Gasteiger partial charge >= 0.3 is 0 Å². The number of ether oxygens (including phenoxy) is 1. The number of rotatable bonds is 6. The summed E-state index contributed by atoms with van der Waals surface area (Å²) in [6.45, 7) is -0.501. The lowest BCUT2D eigenvalue weighted by Gasteiger charge is -2.37. The molecular weight excluding hydrogens is 503 g/mol. The van der Waals surface area contributed by atoms with Crippen LogP contribution in [0.4, 0.5) is 0 Å². The molecule has 184 valence electrons. The van der Waals surface area contributed by atoms with Gasteiger partial charge in [-0.3, -0.25) is 19.2 Å². The fourth-order valence-corrected chi connectivity index (χ4v) is 6.51. The molecule has 2 aromatic rings. The molecule has 3 amide bonds. The minimum Gasteiger partial charge on any atom is -0.497 e. The molecule has 2 bridgehead atoms. The third kappa shape index (κ3) is 3.48. The summed E-state index contributed by atoms with van der Waals surface area (Å²) in [4.78, 5) is 54.5. The highest BCUT2D eigenvalue weighted by Gasteiger charge is 2.68. The zero-order valence-electron chi connectivity index (χ0n) is 19.3. The number of nitrogens with zero attached hydrogens (tertiary/aromatic N) is 2. The molecule has 5 aliphatic rings. The number of hydrogen-bond acceptors (Lipinski definition) is 5. The summed E-state index contributed by atoms with van der Waals surface area (Å²) in [5.41, 5.74) is 0.406. The Morgan fingerprint density at radius 3 is 2.22 bits per heavy atom. The molecule has 7 nitrogen and oxygen atoms in total. The minimum absolute atomic E-state index is 0.0116. The van der Waals surface area contributed by atoms with Gasteiger partial charge < -0.3 is 4.74 Å². The first-order valence-electron chi connectivity index (χ1n) is 11.8. The van der Waals surface area contributed by atoms with Crippen LogP contribution in [0.15, 0.2) is 54.6 Å². The van der Waals surface area contributed by atoms with Crippen molar-refractivity contribution in [2.45, 2.75) is 6.42 Å². The van der Waals surface area contributed by atoms with Crippen LogP contribution in [-0.4, -0.2) is 47.2 Å². The third-order valence-corrected chi connectivity index (χ3v) is 8.71. The molecular formula is C27H22Cl2N2O5. The van der Waals surface area contributed by atoms with Crippen molar-refractivity contribution < 1.29 is 23.9 Å². The Kier molecular flexibility index (Phi) is 5.46. The van der Waals surface area contributed by atoms with E-state index in [0.29, 0.717) is 23.1 Å². The molecule has 6 atom stereocenters. The van der Waals surface area contributed by atoms with E-state index in [1.807, 2.05) is 0 Å². The molecule has 4 aliphatic carbocycles. The Hall–Kier alpha value is -3.16. The minimum atomic E-state index is -0.685. The first-order chi connectivity index (χ1) is 17.3. The van der Waals surface area contributed by atoms with Crippen molar-refractivity contribution in [2.24, 2.45) is 35.5 Å². The molecule has 0 spiro atoms. The van der Waals surface area contributed by atoms with Gasteiger partial charge in [-0.15, -0.1) is 0 Å². The van der Waals surface area contributed by atoms with Crippen LogP contribution in [0.1, 0.15) is 27.1 Å². The second kappa shape index (κ2) is 8.46. The molecule has 9 heteroatoms. The maximum absolute atomic E-state index is 13.7. The van der Waals surface area contributed by atoms with Crippen molar-refractivity contribution in [3.8, 4) is 5.75 Å². The number of methoxy groups -OCH3 is 1. The topological polar surface area (TPSA) is 84.0 Å². The van der Waals surface area contributed by atoms with E-state index in [1.165, 1.54) is 25.3 Å². The van der Waals surface area contributed by atoms with Gasteiger partial charge in [0.15, 0.2) is 5.78 Å². The van der Waals surface area contributed by atoms with Gasteiger partial charge in [-0.1, -0.05) is 47.5 Å². The lowest BCUT2D eigenvalue weighted by Crippen LogP contribution is -2.52. The maximum atomic E-state index is 13.7. The maximum Gasteiger partial charge on any atom is 0.273 e. The van der Waals surface area contributed by atoms with Crippen molar-refractivity contribution in [3.05, 3.63) is 75.8 Å². The molecule has 7 rings (SSSR count). The average molecular weight is 525 g/mol.